The second kappa shape index (κ2) is 10.6. The minimum atomic E-state index is -3.04. The van der Waals surface area contributed by atoms with Crippen molar-refractivity contribution in [2.24, 2.45) is 17.6 Å². The standard InChI is InChI=1S/C29H38F2N4O7/c1-7-17(28(2,30)31)33-11-13-10-16(34(3)4)14-8-12-9-15-21(35(5)6)24(38)20(27(32)41)26(40)29(15,42)25(39)18(12)23(37)19(14)22(13)36/h10,12,15,17,21,33,36-37,40,42H,7-9,11H2,1-6H3,(H2,32,41)/t12-,15-,17?,21?,29-/m0/s1. The molecule has 4 rings (SSSR count). The number of carbonyl (C=O) groups is 3. The zero-order valence-corrected chi connectivity index (χ0v) is 24.5. The zero-order valence-electron chi connectivity index (χ0n) is 24.5. The van der Waals surface area contributed by atoms with E-state index in [1.807, 2.05) is 0 Å². The van der Waals surface area contributed by atoms with Crippen molar-refractivity contribution in [1.82, 2.24) is 10.2 Å². The number of hydrogen-bond donors (Lipinski definition) is 6. The van der Waals surface area contributed by atoms with E-state index in [4.69, 9.17) is 5.73 Å². The molecule has 0 bridgehead atoms. The largest absolute Gasteiger partial charge is 0.508 e. The van der Waals surface area contributed by atoms with Gasteiger partial charge in [-0.15, -0.1) is 0 Å². The first-order chi connectivity index (χ1) is 19.4. The number of alkyl halides is 2. The number of amides is 1. The number of rotatable bonds is 8. The number of hydrogen-bond acceptors (Lipinski definition) is 10. The number of likely N-dealkylation sites (N-methyl/N-ethyl adjacent to an activating group) is 1. The van der Waals surface area contributed by atoms with Crippen LogP contribution >= 0.6 is 0 Å². The quantitative estimate of drug-likeness (QED) is 0.243. The number of Topliss-reactive ketones (excluding diaryl/α,β-unsaturated/α-hetero) is 2. The summed E-state index contributed by atoms with van der Waals surface area (Å²) in [7, 11) is 6.53. The number of fused-ring (bicyclic) bond motifs is 3. The normalized spacial score (nSPS) is 26.7. The Bertz CT molecular complexity index is 1420. The average Bonchev–Trinajstić information content (AvgIpc) is 2.86. The number of ketones is 2. The van der Waals surface area contributed by atoms with Gasteiger partial charge < -0.3 is 36.4 Å². The van der Waals surface area contributed by atoms with E-state index in [0.29, 0.717) is 11.3 Å². The molecule has 7 N–H and O–H groups in total. The zero-order chi connectivity index (χ0) is 31.6. The molecule has 42 heavy (non-hydrogen) atoms. The lowest BCUT2D eigenvalue weighted by Gasteiger charge is -2.50. The Kier molecular flexibility index (Phi) is 7.94. The number of aliphatic hydroxyl groups is 3. The van der Waals surface area contributed by atoms with E-state index in [1.165, 1.54) is 19.0 Å². The van der Waals surface area contributed by atoms with Crippen LogP contribution in [0.2, 0.25) is 0 Å². The molecule has 1 amide bonds. The number of primary amides is 1. The Balaban J connectivity index is 1.91. The number of aromatic hydroxyl groups is 1. The first-order valence-electron chi connectivity index (χ1n) is 13.7. The summed E-state index contributed by atoms with van der Waals surface area (Å²) in [6, 6.07) is -0.742. The van der Waals surface area contributed by atoms with Crippen molar-refractivity contribution in [2.75, 3.05) is 33.1 Å². The van der Waals surface area contributed by atoms with Crippen molar-refractivity contribution in [1.29, 1.82) is 0 Å². The van der Waals surface area contributed by atoms with Gasteiger partial charge >= 0.3 is 0 Å². The van der Waals surface area contributed by atoms with Gasteiger partial charge in [0, 0.05) is 50.3 Å². The first kappa shape index (κ1) is 31.4. The van der Waals surface area contributed by atoms with E-state index < -0.39 is 75.8 Å². The molecule has 13 heteroatoms. The third-order valence-electron chi connectivity index (χ3n) is 8.82. The Hall–Kier alpha value is -3.55. The summed E-state index contributed by atoms with van der Waals surface area (Å²) < 4.78 is 28.1. The van der Waals surface area contributed by atoms with Gasteiger partial charge in [-0.3, -0.25) is 19.3 Å². The van der Waals surface area contributed by atoms with Crippen LogP contribution in [0.1, 0.15) is 43.4 Å². The maximum Gasteiger partial charge on any atom is 0.260 e. The molecule has 230 valence electrons. The fourth-order valence-electron chi connectivity index (χ4n) is 6.79. The molecule has 5 atom stereocenters. The number of nitrogens with one attached hydrogen (secondary N) is 1. The topological polar surface area (TPSA) is 177 Å². The molecule has 1 fully saturated rings. The van der Waals surface area contributed by atoms with E-state index in [1.54, 1.807) is 32.0 Å². The molecule has 1 aromatic rings. The van der Waals surface area contributed by atoms with Gasteiger partial charge in [-0.05, 0) is 50.9 Å². The number of aliphatic hydroxyl groups excluding tert-OH is 2. The summed E-state index contributed by atoms with van der Waals surface area (Å²) in [6.07, 6.45) is 0.197. The summed E-state index contributed by atoms with van der Waals surface area (Å²) in [5, 5.41) is 48.3. The van der Waals surface area contributed by atoms with Crippen molar-refractivity contribution in [3.8, 4) is 5.75 Å². The van der Waals surface area contributed by atoms with Gasteiger partial charge in [-0.25, -0.2) is 8.78 Å². The van der Waals surface area contributed by atoms with Gasteiger partial charge in [-0.1, -0.05) is 6.92 Å². The molecule has 0 aromatic heterocycles. The van der Waals surface area contributed by atoms with Crippen LogP contribution in [0.3, 0.4) is 0 Å². The van der Waals surface area contributed by atoms with Gasteiger partial charge in [0.2, 0.25) is 5.78 Å². The highest BCUT2D eigenvalue weighted by molar-refractivity contribution is 6.24. The molecule has 0 radical (unpaired) electrons. The van der Waals surface area contributed by atoms with Gasteiger partial charge in [0.1, 0.15) is 22.8 Å². The minimum Gasteiger partial charge on any atom is -0.508 e. The van der Waals surface area contributed by atoms with E-state index in [2.05, 4.69) is 5.32 Å². The molecular formula is C29H38F2N4O7. The number of anilines is 1. The molecule has 0 heterocycles. The van der Waals surface area contributed by atoms with Gasteiger partial charge in [-0.2, -0.15) is 0 Å². The Labute approximate surface area is 242 Å². The maximum absolute atomic E-state index is 14.0. The minimum absolute atomic E-state index is 0.0353. The molecule has 0 saturated heterocycles. The SMILES string of the molecule is CCC(NCc1cc(N(C)C)c2c(c1O)C(O)=C1C(=O)[C@]3(O)C(O)=C(C(N)=O)C(=O)C(N(C)C)[C@@H]3C[C@@H]1C2)C(C)(F)F. The van der Waals surface area contributed by atoms with E-state index >= 15 is 0 Å². The first-order valence-corrected chi connectivity index (χ1v) is 13.7. The molecule has 0 spiro atoms. The van der Waals surface area contributed by atoms with Crippen LogP contribution in [0.15, 0.2) is 23.0 Å². The highest BCUT2D eigenvalue weighted by atomic mass is 19.3. The third-order valence-corrected chi connectivity index (χ3v) is 8.82. The Morgan fingerprint density at radius 1 is 1.21 bits per heavy atom. The lowest BCUT2D eigenvalue weighted by molar-refractivity contribution is -0.153. The highest BCUT2D eigenvalue weighted by Gasteiger charge is 2.64. The van der Waals surface area contributed by atoms with Crippen molar-refractivity contribution in [2.45, 2.75) is 63.3 Å². The Morgan fingerprint density at radius 3 is 2.33 bits per heavy atom. The molecule has 1 aromatic carbocycles. The van der Waals surface area contributed by atoms with Crippen LogP contribution in [-0.2, 0) is 27.3 Å². The lowest BCUT2D eigenvalue weighted by Crippen LogP contribution is -2.65. The number of nitrogens with zero attached hydrogens (tertiary/aromatic N) is 2. The van der Waals surface area contributed by atoms with Gasteiger partial charge in [0.15, 0.2) is 11.4 Å². The number of carbonyl (C=O) groups excluding carboxylic acids is 3. The van der Waals surface area contributed by atoms with Gasteiger partial charge in [0.05, 0.1) is 17.6 Å². The summed E-state index contributed by atoms with van der Waals surface area (Å²) in [5.74, 6) is -10.4. The second-order valence-electron chi connectivity index (χ2n) is 11.9. The van der Waals surface area contributed by atoms with Crippen LogP contribution in [0.4, 0.5) is 14.5 Å². The van der Waals surface area contributed by atoms with Crippen molar-refractivity contribution in [3.63, 3.8) is 0 Å². The molecule has 1 saturated carbocycles. The fraction of sp³-hybridized carbons (Fsp3) is 0.552. The molecule has 2 unspecified atom stereocenters. The third kappa shape index (κ3) is 4.63. The van der Waals surface area contributed by atoms with Crippen LogP contribution in [0.5, 0.6) is 5.75 Å². The number of nitrogens with two attached hydrogens (primary N) is 1. The predicted octanol–water partition coefficient (Wildman–Crippen LogP) is 1.55. The molecule has 3 aliphatic rings. The van der Waals surface area contributed by atoms with Crippen LogP contribution in [-0.4, -0.2) is 94.6 Å². The molecule has 11 nitrogen and oxygen atoms in total. The molecular weight excluding hydrogens is 554 g/mol. The van der Waals surface area contributed by atoms with Crippen molar-refractivity contribution >= 4 is 28.9 Å². The van der Waals surface area contributed by atoms with Crippen LogP contribution in [0, 0.1) is 11.8 Å². The van der Waals surface area contributed by atoms with E-state index in [0.717, 1.165) is 6.92 Å². The molecule has 0 aliphatic heterocycles. The number of phenols is 1. The lowest BCUT2D eigenvalue weighted by atomic mass is 9.57. The monoisotopic (exact) mass is 592 g/mol. The van der Waals surface area contributed by atoms with Crippen LogP contribution < -0.4 is 16.0 Å². The smallest absolute Gasteiger partial charge is 0.260 e. The summed E-state index contributed by atoms with van der Waals surface area (Å²) >= 11 is 0. The van der Waals surface area contributed by atoms with E-state index in [9.17, 15) is 43.6 Å². The summed E-state index contributed by atoms with van der Waals surface area (Å²) in [6.45, 7) is 2.22. The van der Waals surface area contributed by atoms with E-state index in [-0.39, 0.29) is 42.5 Å². The predicted molar refractivity (Wildman–Crippen MR) is 150 cm³/mol. The number of phenolic OH excluding ortho intramolecular Hbond substituents is 1. The summed E-state index contributed by atoms with van der Waals surface area (Å²) in [4.78, 5) is 42.6. The number of benzene rings is 1. The van der Waals surface area contributed by atoms with Gasteiger partial charge in [0.25, 0.3) is 11.8 Å². The average molecular weight is 593 g/mol. The highest BCUT2D eigenvalue weighted by Crippen LogP contribution is 2.54. The van der Waals surface area contributed by atoms with Crippen LogP contribution in [0.25, 0.3) is 5.76 Å². The van der Waals surface area contributed by atoms with Crippen molar-refractivity contribution < 1.29 is 43.6 Å². The Morgan fingerprint density at radius 2 is 1.83 bits per heavy atom. The number of halogens is 2. The maximum atomic E-state index is 14.0. The fourth-order valence-corrected chi connectivity index (χ4v) is 6.79. The molecule has 3 aliphatic carbocycles. The van der Waals surface area contributed by atoms with Crippen molar-refractivity contribution in [3.05, 3.63) is 39.7 Å². The summed E-state index contributed by atoms with van der Waals surface area (Å²) in [5.41, 5.74) is 2.60. The second-order valence-corrected chi connectivity index (χ2v) is 11.9.